The number of ether oxygens (including phenoxy) is 6. The first-order valence-electron chi connectivity index (χ1n) is 18.6. The molecule has 0 aromatic carbocycles. The van der Waals surface area contributed by atoms with Crippen molar-refractivity contribution >= 4 is 29.2 Å². The molecule has 1 aliphatic carbocycles. The predicted molar refractivity (Wildman–Crippen MR) is 191 cm³/mol. The molecule has 1 saturated carbocycles. The maximum Gasteiger partial charge on any atom is 0.306 e. The monoisotopic (exact) mass is 738 g/mol. The Morgan fingerprint density at radius 1 is 0.942 bits per heavy atom. The minimum absolute atomic E-state index is 0.0175. The number of allylic oxidation sites excluding steroid dienone is 1. The van der Waals surface area contributed by atoms with Crippen molar-refractivity contribution in [1.82, 2.24) is 21.5 Å². The predicted octanol–water partition coefficient (Wildman–Crippen LogP) is 1.36. The van der Waals surface area contributed by atoms with Crippen LogP contribution in [0.25, 0.3) is 0 Å². The summed E-state index contributed by atoms with van der Waals surface area (Å²) in [6, 6.07) is -0.723. The molecule has 0 bridgehead atoms. The molecule has 3 fully saturated rings. The van der Waals surface area contributed by atoms with Crippen molar-refractivity contribution in [3.63, 3.8) is 0 Å². The van der Waals surface area contributed by atoms with E-state index in [-0.39, 0.29) is 91.5 Å². The fraction of sp³-hybridized carbons (Fsp3) is 0.811. The Morgan fingerprint density at radius 3 is 2.27 bits per heavy atom. The number of methoxy groups -OCH3 is 1. The number of nitrogens with one attached hydrogen (secondary N) is 4. The lowest BCUT2D eigenvalue weighted by Crippen LogP contribution is -2.55. The third-order valence-electron chi connectivity index (χ3n) is 9.78. The lowest BCUT2D eigenvalue weighted by molar-refractivity contribution is -0.172. The second-order valence-electron chi connectivity index (χ2n) is 14.7. The molecule has 0 aromatic heterocycles. The first-order valence-corrected chi connectivity index (χ1v) is 18.6. The summed E-state index contributed by atoms with van der Waals surface area (Å²) < 4.78 is 35.2. The van der Waals surface area contributed by atoms with Gasteiger partial charge in [0.15, 0.2) is 0 Å². The summed E-state index contributed by atoms with van der Waals surface area (Å²) in [5, 5.41) is 5.76. The van der Waals surface area contributed by atoms with E-state index in [4.69, 9.17) is 28.4 Å². The van der Waals surface area contributed by atoms with Gasteiger partial charge in [-0.1, -0.05) is 25.5 Å². The normalized spacial score (nSPS) is 26.8. The largest absolute Gasteiger partial charge is 0.460 e. The molecule has 0 radical (unpaired) electrons. The SMILES string of the molecule is COC1C(OC(=O)CCCOCCOCCNC(=O)CCN[C@H](C(=O)C(=O)CNNCC(C)=O)C(C)C)CC[C@]2(CO2)C1[C@]1(C)O[C@@H]1CC=C(C)C. The Morgan fingerprint density at radius 2 is 1.63 bits per heavy atom. The summed E-state index contributed by atoms with van der Waals surface area (Å²) in [7, 11) is 1.67. The number of hydrogen-bond donors (Lipinski definition) is 4. The molecule has 15 nitrogen and oxygen atoms in total. The molecule has 0 aromatic rings. The van der Waals surface area contributed by atoms with Crippen LogP contribution in [0.15, 0.2) is 11.6 Å². The highest BCUT2D eigenvalue weighted by atomic mass is 16.6. The fourth-order valence-corrected chi connectivity index (χ4v) is 6.85. The van der Waals surface area contributed by atoms with Gasteiger partial charge in [-0.05, 0) is 59.3 Å². The number of epoxide rings is 2. The van der Waals surface area contributed by atoms with Gasteiger partial charge in [0.1, 0.15) is 29.2 Å². The van der Waals surface area contributed by atoms with E-state index in [1.54, 1.807) is 7.11 Å². The first kappa shape index (κ1) is 43.8. The van der Waals surface area contributed by atoms with Crippen LogP contribution in [0.1, 0.15) is 80.1 Å². The highest BCUT2D eigenvalue weighted by Crippen LogP contribution is 2.59. The van der Waals surface area contributed by atoms with Gasteiger partial charge in [0.2, 0.25) is 17.5 Å². The van der Waals surface area contributed by atoms with Crippen LogP contribution in [0.4, 0.5) is 0 Å². The third kappa shape index (κ3) is 13.7. The van der Waals surface area contributed by atoms with Crippen molar-refractivity contribution in [2.24, 2.45) is 11.8 Å². The van der Waals surface area contributed by atoms with Crippen molar-refractivity contribution in [1.29, 1.82) is 0 Å². The molecule has 2 heterocycles. The van der Waals surface area contributed by atoms with Crippen LogP contribution in [-0.2, 0) is 52.4 Å². The van der Waals surface area contributed by atoms with E-state index in [0.717, 1.165) is 12.8 Å². The van der Waals surface area contributed by atoms with Crippen LogP contribution in [0.3, 0.4) is 0 Å². The van der Waals surface area contributed by atoms with Gasteiger partial charge in [0.25, 0.3) is 0 Å². The molecular formula is C37H62N4O11. The van der Waals surface area contributed by atoms with Gasteiger partial charge in [0, 0.05) is 39.6 Å². The minimum atomic E-state index is -0.723. The highest BCUT2D eigenvalue weighted by Gasteiger charge is 2.72. The van der Waals surface area contributed by atoms with Crippen LogP contribution in [0, 0.1) is 11.8 Å². The summed E-state index contributed by atoms with van der Waals surface area (Å²) >= 11 is 0. The Labute approximate surface area is 308 Å². The Hall–Kier alpha value is -2.63. The first-order chi connectivity index (χ1) is 24.7. The number of ketones is 3. The summed E-state index contributed by atoms with van der Waals surface area (Å²) in [5.74, 6) is -1.97. The minimum Gasteiger partial charge on any atom is -0.460 e. The number of hydrogen-bond acceptors (Lipinski definition) is 14. The van der Waals surface area contributed by atoms with Crippen molar-refractivity contribution in [3.8, 4) is 0 Å². The molecular weight excluding hydrogens is 676 g/mol. The standard InChI is InChI=1S/C37H62N4O11/c1-24(2)10-11-29-36(6,52-29)35-34(47-7)28(12-14-37(35)23-50-37)51-31(45)9-8-17-48-19-20-49-18-16-38-30(44)13-15-39-32(25(3)4)33(46)27(43)22-41-40-21-26(5)42/h10,25,28-29,32,34-35,39-41H,8-9,11-23H2,1-7H3,(H,38,44)/t28?,29-,32+,34?,35?,36-,37+/m1/s1. The number of hydrazine groups is 1. The lowest BCUT2D eigenvalue weighted by Gasteiger charge is -2.42. The summed E-state index contributed by atoms with van der Waals surface area (Å²) in [6.07, 6.45) is 4.82. The Kier molecular flexibility index (Phi) is 17.9. The number of esters is 1. The Balaban J connectivity index is 1.22. The molecule has 296 valence electrons. The van der Waals surface area contributed by atoms with E-state index in [1.807, 2.05) is 13.8 Å². The summed E-state index contributed by atoms with van der Waals surface area (Å²) in [4.78, 5) is 60.7. The number of rotatable bonds is 27. The van der Waals surface area contributed by atoms with Gasteiger partial charge in [-0.25, -0.2) is 5.43 Å². The van der Waals surface area contributed by atoms with Crippen LogP contribution in [0.2, 0.25) is 0 Å². The van der Waals surface area contributed by atoms with Crippen LogP contribution < -0.4 is 21.5 Å². The van der Waals surface area contributed by atoms with Crippen molar-refractivity contribution in [2.45, 2.75) is 116 Å². The molecule has 1 spiro atoms. The van der Waals surface area contributed by atoms with Gasteiger partial charge < -0.3 is 39.1 Å². The average molecular weight is 739 g/mol. The number of Topliss-reactive ketones (excluding diaryl/α,β-unsaturated/α-hetero) is 3. The average Bonchev–Trinajstić information content (AvgIpc) is 4.01. The quantitative estimate of drug-likeness (QED) is 0.0236. The molecule has 2 saturated heterocycles. The van der Waals surface area contributed by atoms with Gasteiger partial charge >= 0.3 is 5.97 Å². The third-order valence-corrected chi connectivity index (χ3v) is 9.78. The molecule has 4 N–H and O–H groups in total. The van der Waals surface area contributed by atoms with Crippen LogP contribution in [0.5, 0.6) is 0 Å². The van der Waals surface area contributed by atoms with E-state index in [2.05, 4.69) is 48.3 Å². The maximum atomic E-state index is 12.8. The van der Waals surface area contributed by atoms with E-state index in [0.29, 0.717) is 52.4 Å². The molecule has 1 amide bonds. The molecule has 3 unspecified atom stereocenters. The zero-order valence-corrected chi connectivity index (χ0v) is 32.1. The van der Waals surface area contributed by atoms with Crippen LogP contribution in [-0.4, -0.2) is 131 Å². The lowest BCUT2D eigenvalue weighted by atomic mass is 9.68. The Bertz CT molecular complexity index is 1240. The number of carbonyl (C=O) groups excluding carboxylic acids is 5. The maximum absolute atomic E-state index is 12.8. The zero-order chi connectivity index (χ0) is 38.3. The molecule has 15 heteroatoms. The number of carbonyl (C=O) groups is 5. The molecule has 3 rings (SSSR count). The molecule has 52 heavy (non-hydrogen) atoms. The van der Waals surface area contributed by atoms with Crippen molar-refractivity contribution in [2.75, 3.05) is 66.3 Å². The van der Waals surface area contributed by atoms with E-state index < -0.39 is 17.6 Å². The summed E-state index contributed by atoms with van der Waals surface area (Å²) in [5.41, 5.74) is 5.76. The van der Waals surface area contributed by atoms with Gasteiger partial charge in [-0.3, -0.25) is 29.4 Å². The van der Waals surface area contributed by atoms with E-state index in [9.17, 15) is 24.0 Å². The van der Waals surface area contributed by atoms with E-state index >= 15 is 0 Å². The van der Waals surface area contributed by atoms with Crippen LogP contribution >= 0.6 is 0 Å². The van der Waals surface area contributed by atoms with Gasteiger partial charge in [0.05, 0.1) is 57.6 Å². The van der Waals surface area contributed by atoms with Crippen molar-refractivity contribution < 1.29 is 52.4 Å². The smallest absolute Gasteiger partial charge is 0.306 e. The van der Waals surface area contributed by atoms with E-state index in [1.165, 1.54) is 12.5 Å². The second kappa shape index (κ2) is 21.3. The topological polar surface area (TPSA) is 195 Å². The fourth-order valence-electron chi connectivity index (χ4n) is 6.85. The molecule has 7 atom stereocenters. The summed E-state index contributed by atoms with van der Waals surface area (Å²) in [6.45, 7) is 13.7. The number of amides is 1. The molecule has 2 aliphatic heterocycles. The van der Waals surface area contributed by atoms with Gasteiger partial charge in [-0.2, -0.15) is 0 Å². The second-order valence-corrected chi connectivity index (χ2v) is 14.7. The molecule has 3 aliphatic rings. The zero-order valence-electron chi connectivity index (χ0n) is 32.1. The van der Waals surface area contributed by atoms with Crippen molar-refractivity contribution in [3.05, 3.63) is 11.6 Å². The highest BCUT2D eigenvalue weighted by molar-refractivity contribution is 6.40. The van der Waals surface area contributed by atoms with Gasteiger partial charge in [-0.15, -0.1) is 0 Å².